The molecule has 8 rings (SSSR count). The van der Waals surface area contributed by atoms with Crippen LogP contribution < -0.4 is 0 Å². The van der Waals surface area contributed by atoms with Crippen LogP contribution in [0.15, 0.2) is 133 Å². The molecule has 318 valence electrons. The second-order valence-corrected chi connectivity index (χ2v) is 18.8. The fourth-order valence-electron chi connectivity index (χ4n) is 7.81. The van der Waals surface area contributed by atoms with E-state index < -0.39 is 36.6 Å². The first-order valence-corrected chi connectivity index (χ1v) is 21.0. The zero-order chi connectivity index (χ0) is 49.4. The van der Waals surface area contributed by atoms with Crippen LogP contribution in [0.4, 0.5) is 0 Å². The van der Waals surface area contributed by atoms with Crippen LogP contribution in [0.2, 0.25) is 0 Å². The Kier molecular flexibility index (Phi) is 9.83. The van der Waals surface area contributed by atoms with Gasteiger partial charge in [0.25, 0.3) is 0 Å². The summed E-state index contributed by atoms with van der Waals surface area (Å²) in [6.45, 7) is 18.7. The van der Waals surface area contributed by atoms with Gasteiger partial charge < -0.3 is 5.11 Å². The monoisotopic (exact) mass is 1000 g/mol. The number of pyridine rings is 1. The van der Waals surface area contributed by atoms with Crippen molar-refractivity contribution in [1.82, 2.24) is 14.5 Å². The molecule has 0 aliphatic carbocycles. The van der Waals surface area contributed by atoms with Gasteiger partial charge in [-0.25, -0.2) is 4.98 Å². The van der Waals surface area contributed by atoms with Gasteiger partial charge in [-0.1, -0.05) is 164 Å². The molecule has 0 aliphatic rings. The zero-order valence-corrected chi connectivity index (χ0v) is 39.5. The number of hydrogen-bond donors (Lipinski definition) is 1. The molecule has 5 heteroatoms. The summed E-state index contributed by atoms with van der Waals surface area (Å²) in [6.07, 6.45) is 2.51. The van der Waals surface area contributed by atoms with Crippen LogP contribution in [0.3, 0.4) is 0 Å². The number of nitrogens with zero attached hydrogens (tertiary/aromatic N) is 3. The largest absolute Gasteiger partial charge is 0.507 e. The molecule has 0 fully saturated rings. The Bertz CT molecular complexity index is 3240. The average molecular weight is 1000 g/mol. The van der Waals surface area contributed by atoms with E-state index in [1.807, 2.05) is 37.3 Å². The van der Waals surface area contributed by atoms with Crippen LogP contribution in [0.25, 0.3) is 72.7 Å². The minimum atomic E-state index is -2.82. The van der Waals surface area contributed by atoms with E-state index in [-0.39, 0.29) is 48.6 Å². The molecule has 62 heavy (non-hydrogen) atoms. The van der Waals surface area contributed by atoms with E-state index in [9.17, 15) is 5.11 Å². The Balaban J connectivity index is 0.00000703. The number of para-hydroxylation sites is 1. The number of benzene rings is 6. The number of rotatable bonds is 8. The second-order valence-electron chi connectivity index (χ2n) is 18.8. The van der Waals surface area contributed by atoms with Crippen LogP contribution in [-0.4, -0.2) is 19.6 Å². The predicted octanol–water partition coefficient (Wildman–Crippen LogP) is 15.2. The van der Waals surface area contributed by atoms with Crippen molar-refractivity contribution in [2.45, 2.75) is 98.8 Å². The molecule has 2 heterocycles. The van der Waals surface area contributed by atoms with Crippen LogP contribution in [0.5, 0.6) is 5.75 Å². The Morgan fingerprint density at radius 2 is 1.35 bits per heavy atom. The normalized spacial score (nSPS) is 13.9. The molecule has 6 aromatic carbocycles. The van der Waals surface area contributed by atoms with Crippen LogP contribution in [0.1, 0.15) is 106 Å². The molecular formula is C57H58N3OPt-. The van der Waals surface area contributed by atoms with Gasteiger partial charge in [0.05, 0.1) is 27.8 Å². The van der Waals surface area contributed by atoms with Crippen molar-refractivity contribution in [3.63, 3.8) is 0 Å². The summed E-state index contributed by atoms with van der Waals surface area (Å²) in [7, 11) is 0. The van der Waals surface area contributed by atoms with Crippen molar-refractivity contribution in [2.75, 3.05) is 0 Å². The third kappa shape index (κ3) is 8.60. The smallest absolute Gasteiger partial charge is 0.148 e. The summed E-state index contributed by atoms with van der Waals surface area (Å²) >= 11 is 0. The molecule has 2 aromatic heterocycles. The topological polar surface area (TPSA) is 50.9 Å². The maximum Gasteiger partial charge on any atom is 0.148 e. The number of aryl methyl sites for hydroxylation is 1. The molecule has 0 saturated heterocycles. The van der Waals surface area contributed by atoms with Crippen molar-refractivity contribution >= 4 is 11.0 Å². The van der Waals surface area contributed by atoms with E-state index in [1.54, 1.807) is 18.3 Å². The van der Waals surface area contributed by atoms with Gasteiger partial charge in [-0.05, 0) is 100 Å². The summed E-state index contributed by atoms with van der Waals surface area (Å²) in [6, 6.07) is 36.4. The number of hydrogen-bond acceptors (Lipinski definition) is 3. The van der Waals surface area contributed by atoms with E-state index in [0.717, 1.165) is 56.6 Å². The minimum absolute atomic E-state index is 0. The quantitative estimate of drug-likeness (QED) is 0.154. The predicted molar refractivity (Wildman–Crippen MR) is 257 cm³/mol. The van der Waals surface area contributed by atoms with E-state index >= 15 is 0 Å². The summed E-state index contributed by atoms with van der Waals surface area (Å²) < 4.78 is 60.7. The fraction of sp³-hybridized carbons (Fsp3) is 0.263. The van der Waals surface area contributed by atoms with E-state index in [4.69, 9.17) is 19.6 Å². The molecule has 1 N–H and O–H groups in total. The zero-order valence-electron chi connectivity index (χ0n) is 44.2. The summed E-state index contributed by atoms with van der Waals surface area (Å²) in [5, 5.41) is 12.1. The van der Waals surface area contributed by atoms with E-state index in [2.05, 4.69) is 134 Å². The van der Waals surface area contributed by atoms with Crippen molar-refractivity contribution in [1.29, 1.82) is 0 Å². The maximum atomic E-state index is 12.1. The third-order valence-electron chi connectivity index (χ3n) is 12.1. The number of aromatic hydroxyl groups is 1. The molecule has 0 unspecified atom stereocenters. The van der Waals surface area contributed by atoms with Gasteiger partial charge in [-0.2, -0.15) is 0 Å². The van der Waals surface area contributed by atoms with Gasteiger partial charge in [0.15, 0.2) is 0 Å². The Morgan fingerprint density at radius 3 is 2.03 bits per heavy atom. The summed E-state index contributed by atoms with van der Waals surface area (Å²) in [5.41, 5.74) is 10.9. The molecule has 0 bridgehead atoms. The van der Waals surface area contributed by atoms with Crippen molar-refractivity contribution in [3.05, 3.63) is 167 Å². The first kappa shape index (κ1) is 36.0. The van der Waals surface area contributed by atoms with Gasteiger partial charge >= 0.3 is 0 Å². The second kappa shape index (κ2) is 16.9. The van der Waals surface area contributed by atoms with Crippen LogP contribution >= 0.6 is 0 Å². The number of imidazole rings is 1. The van der Waals surface area contributed by atoms with Crippen LogP contribution in [0, 0.1) is 19.8 Å². The first-order valence-electron chi connectivity index (χ1n) is 24.5. The fourth-order valence-corrected chi connectivity index (χ4v) is 7.81. The molecule has 0 amide bonds. The average Bonchev–Trinajstić information content (AvgIpc) is 3.67. The number of aromatic nitrogens is 3. The molecular weight excluding hydrogens is 938 g/mol. The third-order valence-corrected chi connectivity index (χ3v) is 12.1. The molecule has 0 saturated carbocycles. The number of phenolic OH excluding ortho intramolecular Hbond substituents is 1. The summed E-state index contributed by atoms with van der Waals surface area (Å²) in [4.78, 5) is 10.3. The van der Waals surface area contributed by atoms with E-state index in [0.29, 0.717) is 33.7 Å². The van der Waals surface area contributed by atoms with Gasteiger partial charge in [-0.3, -0.25) is 9.55 Å². The standard InChI is InChI=1S/C57H58N3O.Pt/c1-12-57(10,11)43-25-26-50(47(34-43)39-17-14-13-15-18-39)60-51-20-16-19-46(52(51)59-54(60)48-35-44(55(4,5)6)29-37(3)53(48)61)41-30-42(32-45(31-41)56(7,8)9)49-33-40(27-28-58-49)38-23-21-36(2)22-24-38;/h13-29,31-35,61H,12H2,1-11H3;/q-1;/i2D3,21D,22D,23D,24D;. The molecule has 0 spiro atoms. The molecule has 8 aromatic rings. The first-order chi connectivity index (χ1) is 31.8. The SMILES string of the molecule is [2H]c1c([2H])c(C([2H])([2H])[2H])c([2H])c([2H])c1-c1ccnc(-c2[c-]c(-c3cccc4c3nc(-c3cc(C(C)(C)C)cc(C)c3O)n4-c3ccc(C(C)(C)CC)cc3-c3ccccc3)cc(C(C)(C)C)c2)c1.[Pt]. The molecule has 0 radical (unpaired) electrons. The molecule has 4 nitrogen and oxygen atoms in total. The van der Waals surface area contributed by atoms with Crippen molar-refractivity contribution < 1.29 is 35.8 Å². The molecule has 0 atom stereocenters. The van der Waals surface area contributed by atoms with Crippen LogP contribution in [-0.2, 0) is 37.3 Å². The molecule has 0 aliphatic heterocycles. The Labute approximate surface area is 393 Å². The van der Waals surface area contributed by atoms with Gasteiger partial charge in [0.1, 0.15) is 11.6 Å². The van der Waals surface area contributed by atoms with Gasteiger partial charge in [0, 0.05) is 42.6 Å². The van der Waals surface area contributed by atoms with Gasteiger partial charge in [0.2, 0.25) is 0 Å². The van der Waals surface area contributed by atoms with Crippen molar-refractivity contribution in [3.8, 4) is 67.5 Å². The number of fused-ring (bicyclic) bond motifs is 1. The maximum absolute atomic E-state index is 12.1. The minimum Gasteiger partial charge on any atom is -0.507 e. The summed E-state index contributed by atoms with van der Waals surface area (Å²) in [5.74, 6) is 0.746. The Hall–Kier alpha value is -5.57. The van der Waals surface area contributed by atoms with E-state index in [1.165, 1.54) is 5.56 Å². The number of phenols is 1. The van der Waals surface area contributed by atoms with Crippen molar-refractivity contribution in [2.24, 2.45) is 0 Å². The van der Waals surface area contributed by atoms with Gasteiger partial charge in [-0.15, -0.1) is 29.3 Å². The Morgan fingerprint density at radius 1 is 0.677 bits per heavy atom.